The fraction of sp³-hybridized carbons (Fsp3) is 0.273. The molecule has 34 heavy (non-hydrogen) atoms. The van der Waals surface area contributed by atoms with Crippen molar-refractivity contribution in [2.75, 3.05) is 13.1 Å². The second kappa shape index (κ2) is 10.2. The van der Waals surface area contributed by atoms with Gasteiger partial charge in [-0.15, -0.1) is 11.3 Å². The van der Waals surface area contributed by atoms with Crippen LogP contribution in [-0.2, 0) is 26.2 Å². The van der Waals surface area contributed by atoms with Crippen LogP contribution in [0.4, 0.5) is 5.69 Å². The lowest BCUT2D eigenvalue weighted by atomic mass is 9.98. The van der Waals surface area contributed by atoms with Crippen LogP contribution in [-0.4, -0.2) is 41.7 Å². The highest BCUT2D eigenvalue weighted by Crippen LogP contribution is 2.31. The van der Waals surface area contributed by atoms with Crippen LogP contribution >= 0.6 is 22.9 Å². The molecule has 0 amide bonds. The number of hydrogen-bond acceptors (Lipinski definition) is 8. The molecule has 1 saturated heterocycles. The fourth-order valence-electron chi connectivity index (χ4n) is 3.62. The fourth-order valence-corrected chi connectivity index (χ4v) is 6.40. The summed E-state index contributed by atoms with van der Waals surface area (Å²) in [4.78, 5) is 27.1. The zero-order valence-corrected chi connectivity index (χ0v) is 20.2. The van der Waals surface area contributed by atoms with Crippen LogP contribution in [0.15, 0.2) is 58.8 Å². The highest BCUT2D eigenvalue weighted by molar-refractivity contribution is 7.89. The maximum atomic E-state index is 13.0. The molecule has 0 aliphatic carbocycles. The predicted octanol–water partition coefficient (Wildman–Crippen LogP) is 4.52. The molecule has 1 fully saturated rings. The maximum Gasteiger partial charge on any atom is 0.309 e. The first-order valence-corrected chi connectivity index (χ1v) is 13.1. The van der Waals surface area contributed by atoms with Crippen molar-refractivity contribution < 1.29 is 22.9 Å². The molecule has 178 valence electrons. The van der Waals surface area contributed by atoms with Crippen molar-refractivity contribution in [2.24, 2.45) is 5.92 Å². The Hall–Kier alpha value is -2.86. The Labute approximate surface area is 205 Å². The number of nitro groups is 1. The molecule has 12 heteroatoms. The number of sulfonamides is 1. The molecule has 9 nitrogen and oxygen atoms in total. The summed E-state index contributed by atoms with van der Waals surface area (Å²) in [5.41, 5.74) is 1.28. The number of nitro benzene ring substituents is 1. The van der Waals surface area contributed by atoms with Crippen molar-refractivity contribution in [3.63, 3.8) is 0 Å². The molecule has 0 radical (unpaired) electrons. The van der Waals surface area contributed by atoms with Gasteiger partial charge in [0.1, 0.15) is 16.5 Å². The number of carbonyl (C=O) groups excluding carboxylic acids is 1. The van der Waals surface area contributed by atoms with Crippen LogP contribution < -0.4 is 0 Å². The van der Waals surface area contributed by atoms with E-state index >= 15 is 0 Å². The minimum Gasteiger partial charge on any atom is -0.459 e. The van der Waals surface area contributed by atoms with E-state index in [1.54, 1.807) is 0 Å². The van der Waals surface area contributed by atoms with E-state index in [0.29, 0.717) is 5.69 Å². The van der Waals surface area contributed by atoms with Crippen LogP contribution in [0.1, 0.15) is 18.5 Å². The summed E-state index contributed by atoms with van der Waals surface area (Å²) >= 11 is 7.48. The zero-order chi connectivity index (χ0) is 24.3. The molecule has 1 aliphatic heterocycles. The van der Waals surface area contributed by atoms with E-state index < -0.39 is 26.8 Å². The molecular formula is C22H20ClN3O6S2. The van der Waals surface area contributed by atoms with Crippen LogP contribution in [0.2, 0.25) is 5.02 Å². The minimum absolute atomic E-state index is 0.0456. The van der Waals surface area contributed by atoms with E-state index in [1.165, 1.54) is 21.7 Å². The van der Waals surface area contributed by atoms with Crippen molar-refractivity contribution in [3.8, 4) is 10.6 Å². The Balaban J connectivity index is 1.34. The van der Waals surface area contributed by atoms with Gasteiger partial charge in [-0.25, -0.2) is 13.4 Å². The SMILES string of the molecule is O=C(OCc1csc(-c2ccccc2)n1)C1CCN(S(=O)(=O)c2cc([N+](=O)[O-])ccc2Cl)CC1. The number of thiazole rings is 1. The molecule has 0 N–H and O–H groups in total. The van der Waals surface area contributed by atoms with Gasteiger partial charge < -0.3 is 4.74 Å². The average molecular weight is 522 g/mol. The Morgan fingerprint density at radius 2 is 1.91 bits per heavy atom. The van der Waals surface area contributed by atoms with E-state index in [9.17, 15) is 23.3 Å². The molecule has 0 atom stereocenters. The molecular weight excluding hydrogens is 502 g/mol. The molecule has 2 heterocycles. The van der Waals surface area contributed by atoms with E-state index in [4.69, 9.17) is 16.3 Å². The van der Waals surface area contributed by atoms with Crippen molar-refractivity contribution >= 4 is 44.6 Å². The van der Waals surface area contributed by atoms with Crippen molar-refractivity contribution in [1.29, 1.82) is 0 Å². The number of ether oxygens (including phenoxy) is 1. The number of esters is 1. The smallest absolute Gasteiger partial charge is 0.309 e. The number of nitrogens with zero attached hydrogens (tertiary/aromatic N) is 3. The Morgan fingerprint density at radius 3 is 2.59 bits per heavy atom. The third kappa shape index (κ3) is 5.27. The van der Waals surface area contributed by atoms with Gasteiger partial charge in [0.05, 0.1) is 21.6 Å². The number of non-ortho nitro benzene ring substituents is 1. The monoisotopic (exact) mass is 521 g/mol. The number of hydrogen-bond donors (Lipinski definition) is 0. The number of rotatable bonds is 7. The molecule has 3 aromatic rings. The van der Waals surface area contributed by atoms with Crippen LogP contribution in [0.3, 0.4) is 0 Å². The number of aromatic nitrogens is 1. The van der Waals surface area contributed by atoms with Gasteiger partial charge in [0.15, 0.2) is 0 Å². The third-order valence-electron chi connectivity index (χ3n) is 5.47. The van der Waals surface area contributed by atoms with Crippen molar-refractivity contribution in [3.05, 3.63) is 74.7 Å². The summed E-state index contributed by atoms with van der Waals surface area (Å²) in [5.74, 6) is -0.848. The summed E-state index contributed by atoms with van der Waals surface area (Å²) in [7, 11) is -4.04. The lowest BCUT2D eigenvalue weighted by molar-refractivity contribution is -0.385. The Morgan fingerprint density at radius 1 is 1.21 bits per heavy atom. The summed E-state index contributed by atoms with van der Waals surface area (Å²) < 4.78 is 32.6. The van der Waals surface area contributed by atoms with Gasteiger partial charge in [-0.2, -0.15) is 4.31 Å². The first-order valence-electron chi connectivity index (χ1n) is 10.4. The van der Waals surface area contributed by atoms with Gasteiger partial charge in [-0.1, -0.05) is 41.9 Å². The van der Waals surface area contributed by atoms with Gasteiger partial charge in [0, 0.05) is 36.2 Å². The van der Waals surface area contributed by atoms with Crippen LogP contribution in [0, 0.1) is 16.0 Å². The predicted molar refractivity (Wildman–Crippen MR) is 127 cm³/mol. The molecule has 1 aliphatic rings. The minimum atomic E-state index is -4.04. The lowest BCUT2D eigenvalue weighted by Crippen LogP contribution is -2.40. The van der Waals surface area contributed by atoms with E-state index in [1.807, 2.05) is 35.7 Å². The van der Waals surface area contributed by atoms with Gasteiger partial charge in [0.25, 0.3) is 5.69 Å². The standard InChI is InChI=1S/C22H20ClN3O6S2/c23-19-7-6-18(26(28)29)12-20(19)34(30,31)25-10-8-16(9-11-25)22(27)32-13-17-14-33-21(24-17)15-4-2-1-3-5-15/h1-7,12,14,16H,8-11,13H2. The molecule has 4 rings (SSSR count). The summed E-state index contributed by atoms with van der Waals surface area (Å²) in [6.07, 6.45) is 0.549. The summed E-state index contributed by atoms with van der Waals surface area (Å²) in [6, 6.07) is 13.0. The highest BCUT2D eigenvalue weighted by atomic mass is 35.5. The summed E-state index contributed by atoms with van der Waals surface area (Å²) in [6.45, 7) is 0.204. The number of benzene rings is 2. The van der Waals surface area contributed by atoms with E-state index in [2.05, 4.69) is 4.98 Å². The lowest BCUT2D eigenvalue weighted by Gasteiger charge is -2.30. The van der Waals surface area contributed by atoms with Gasteiger partial charge >= 0.3 is 5.97 Å². The average Bonchev–Trinajstić information content (AvgIpc) is 3.32. The molecule has 0 bridgehead atoms. The summed E-state index contributed by atoms with van der Waals surface area (Å²) in [5, 5.41) is 13.6. The molecule has 1 aromatic heterocycles. The zero-order valence-electron chi connectivity index (χ0n) is 17.8. The third-order valence-corrected chi connectivity index (χ3v) is 8.79. The normalized spacial score (nSPS) is 15.2. The van der Waals surface area contributed by atoms with E-state index in [-0.39, 0.29) is 48.1 Å². The molecule has 0 unspecified atom stereocenters. The van der Waals surface area contributed by atoms with E-state index in [0.717, 1.165) is 22.7 Å². The first kappa shape index (κ1) is 24.3. The maximum absolute atomic E-state index is 13.0. The highest BCUT2D eigenvalue weighted by Gasteiger charge is 2.34. The van der Waals surface area contributed by atoms with Gasteiger partial charge in [0.2, 0.25) is 10.0 Å². The number of piperidine rings is 1. The van der Waals surface area contributed by atoms with Crippen LogP contribution in [0.25, 0.3) is 10.6 Å². The Bertz CT molecular complexity index is 1310. The number of halogens is 1. The molecule has 0 spiro atoms. The second-order valence-corrected chi connectivity index (χ2v) is 10.8. The van der Waals surface area contributed by atoms with Crippen molar-refractivity contribution in [1.82, 2.24) is 9.29 Å². The van der Waals surface area contributed by atoms with Crippen molar-refractivity contribution in [2.45, 2.75) is 24.3 Å². The Kier molecular flexibility index (Phi) is 7.27. The largest absolute Gasteiger partial charge is 0.459 e. The van der Waals surface area contributed by atoms with Crippen LogP contribution in [0.5, 0.6) is 0 Å². The number of carbonyl (C=O) groups is 1. The first-order chi connectivity index (χ1) is 16.3. The van der Waals surface area contributed by atoms with Gasteiger partial charge in [-0.3, -0.25) is 14.9 Å². The molecule has 2 aromatic carbocycles. The topological polar surface area (TPSA) is 120 Å². The van der Waals surface area contributed by atoms with Gasteiger partial charge in [-0.05, 0) is 18.9 Å². The second-order valence-electron chi connectivity index (χ2n) is 7.67. The molecule has 0 saturated carbocycles. The quantitative estimate of drug-likeness (QED) is 0.255.